The Morgan fingerprint density at radius 2 is 1.74 bits per heavy atom. The molecule has 0 atom stereocenters. The molecule has 1 N–H and O–H groups in total. The average molecular weight is 527 g/mol. The Labute approximate surface area is 213 Å². The number of alkyl halides is 3. The first kappa shape index (κ1) is 26.5. The van der Waals surface area contributed by atoms with Gasteiger partial charge in [-0.2, -0.15) is 18.3 Å². The molecule has 4 aromatic rings. The van der Waals surface area contributed by atoms with Gasteiger partial charge in [-0.3, -0.25) is 4.79 Å². The number of amides is 1. The van der Waals surface area contributed by atoms with Crippen LogP contribution in [0.2, 0.25) is 0 Å². The van der Waals surface area contributed by atoms with Crippen molar-refractivity contribution in [1.29, 1.82) is 0 Å². The smallest absolute Gasteiger partial charge is 0.322 e. The number of halogens is 6. The van der Waals surface area contributed by atoms with Crippen LogP contribution in [-0.4, -0.2) is 15.5 Å². The van der Waals surface area contributed by atoms with Crippen LogP contribution in [0, 0.1) is 5.82 Å². The predicted molar refractivity (Wildman–Crippen MR) is 133 cm³/mol. The molecule has 2 aromatic heterocycles. The number of hydrogen-bond acceptors (Lipinski definition) is 2. The van der Waals surface area contributed by atoms with Crippen LogP contribution in [0.1, 0.15) is 28.4 Å². The maximum atomic E-state index is 14.6. The van der Waals surface area contributed by atoms with E-state index in [2.05, 4.69) is 17.0 Å². The van der Waals surface area contributed by atoms with E-state index in [1.165, 1.54) is 41.1 Å². The number of rotatable bonds is 6. The van der Waals surface area contributed by atoms with Crippen LogP contribution >= 0.6 is 0 Å². The van der Waals surface area contributed by atoms with Gasteiger partial charge in [0.1, 0.15) is 11.6 Å². The largest absolute Gasteiger partial charge is 0.417 e. The lowest BCUT2D eigenvalue weighted by molar-refractivity contribution is -0.137. The van der Waals surface area contributed by atoms with Crippen LogP contribution in [0.4, 0.5) is 32.0 Å². The Morgan fingerprint density at radius 3 is 2.37 bits per heavy atom. The molecule has 4 nitrogen and oxygen atoms in total. The normalized spacial score (nSPS) is 12.9. The summed E-state index contributed by atoms with van der Waals surface area (Å²) in [5, 5.41) is 6.58. The van der Waals surface area contributed by atoms with Gasteiger partial charge in [0.15, 0.2) is 5.83 Å². The maximum absolute atomic E-state index is 14.6. The molecule has 1 amide bonds. The lowest BCUT2D eigenvalue weighted by atomic mass is 10.00. The van der Waals surface area contributed by atoms with Crippen molar-refractivity contribution in [3.05, 3.63) is 120 Å². The highest BCUT2D eigenvalue weighted by Crippen LogP contribution is 2.36. The summed E-state index contributed by atoms with van der Waals surface area (Å²) in [6.45, 7) is 4.48. The number of nitrogens with one attached hydrogen (secondary N) is 1. The van der Waals surface area contributed by atoms with Gasteiger partial charge in [-0.15, -0.1) is 0 Å². The maximum Gasteiger partial charge on any atom is 0.417 e. The van der Waals surface area contributed by atoms with Gasteiger partial charge in [-0.05, 0) is 55.5 Å². The summed E-state index contributed by atoms with van der Waals surface area (Å²) < 4.78 is 84.1. The second kappa shape index (κ2) is 10.4. The fourth-order valence-corrected chi connectivity index (χ4v) is 3.89. The summed E-state index contributed by atoms with van der Waals surface area (Å²) >= 11 is 0. The van der Waals surface area contributed by atoms with Gasteiger partial charge >= 0.3 is 6.18 Å². The molecule has 0 fully saturated rings. The third-order valence-corrected chi connectivity index (χ3v) is 5.62. The number of anilines is 1. The van der Waals surface area contributed by atoms with Gasteiger partial charge < -0.3 is 5.32 Å². The minimum absolute atomic E-state index is 0.105. The van der Waals surface area contributed by atoms with Crippen LogP contribution in [0.25, 0.3) is 22.3 Å². The molecule has 0 spiro atoms. The zero-order valence-corrected chi connectivity index (χ0v) is 19.8. The summed E-state index contributed by atoms with van der Waals surface area (Å²) in [6, 6.07) is 12.3. The summed E-state index contributed by atoms with van der Waals surface area (Å²) in [4.78, 5) is 12.9. The van der Waals surface area contributed by atoms with E-state index in [4.69, 9.17) is 0 Å². The highest BCUT2D eigenvalue weighted by molar-refractivity contribution is 6.06. The Kier molecular flexibility index (Phi) is 7.25. The lowest BCUT2D eigenvalue weighted by Gasteiger charge is -2.15. The Hall–Kier alpha value is -4.60. The number of carbonyl (C=O) groups excluding carboxylic acids is 1. The lowest BCUT2D eigenvalue weighted by Crippen LogP contribution is -2.19. The van der Waals surface area contributed by atoms with Crippen molar-refractivity contribution in [3.63, 3.8) is 0 Å². The Morgan fingerprint density at radius 1 is 1.03 bits per heavy atom. The van der Waals surface area contributed by atoms with E-state index < -0.39 is 40.7 Å². The van der Waals surface area contributed by atoms with Gasteiger partial charge in [-0.25, -0.2) is 17.7 Å². The predicted octanol–water partition coefficient (Wildman–Crippen LogP) is 8.15. The first-order chi connectivity index (χ1) is 18.0. The number of allylic oxidation sites excluding steroid dienone is 5. The summed E-state index contributed by atoms with van der Waals surface area (Å²) in [7, 11) is 0. The van der Waals surface area contributed by atoms with Crippen molar-refractivity contribution in [3.8, 4) is 11.3 Å². The minimum Gasteiger partial charge on any atom is -0.322 e. The van der Waals surface area contributed by atoms with Crippen LogP contribution in [0.15, 0.2) is 97.2 Å². The van der Waals surface area contributed by atoms with Crippen molar-refractivity contribution in [1.82, 2.24) is 9.61 Å². The molecule has 0 bridgehead atoms. The molecule has 38 heavy (non-hydrogen) atoms. The average Bonchev–Trinajstić information content (AvgIpc) is 3.31. The first-order valence-electron chi connectivity index (χ1n) is 11.1. The molecular formula is C28H19F6N3O. The van der Waals surface area contributed by atoms with E-state index in [1.54, 1.807) is 18.2 Å². The highest BCUT2D eigenvalue weighted by atomic mass is 19.4. The Balaban J connectivity index is 1.84. The van der Waals surface area contributed by atoms with Crippen molar-refractivity contribution < 1.29 is 31.1 Å². The van der Waals surface area contributed by atoms with Crippen molar-refractivity contribution in [2.75, 3.05) is 5.32 Å². The summed E-state index contributed by atoms with van der Waals surface area (Å²) in [6.07, 6.45) is -0.981. The molecule has 194 valence electrons. The molecule has 4 rings (SSSR count). The molecule has 0 radical (unpaired) electrons. The summed E-state index contributed by atoms with van der Waals surface area (Å²) in [5.74, 6) is -3.79. The van der Waals surface area contributed by atoms with Crippen LogP contribution in [0.5, 0.6) is 0 Å². The molecule has 0 aliphatic rings. The van der Waals surface area contributed by atoms with Crippen LogP contribution in [0.3, 0.4) is 0 Å². The van der Waals surface area contributed by atoms with Crippen molar-refractivity contribution >= 4 is 22.7 Å². The molecule has 0 unspecified atom stereocenters. The van der Waals surface area contributed by atoms with Crippen molar-refractivity contribution in [2.45, 2.75) is 13.1 Å². The Bertz CT molecular complexity index is 1590. The van der Waals surface area contributed by atoms with E-state index in [-0.39, 0.29) is 28.1 Å². The minimum atomic E-state index is -4.84. The summed E-state index contributed by atoms with van der Waals surface area (Å²) in [5.41, 5.74) is -0.792. The third-order valence-electron chi connectivity index (χ3n) is 5.62. The molecule has 0 aliphatic heterocycles. The first-order valence-corrected chi connectivity index (χ1v) is 11.1. The van der Waals surface area contributed by atoms with E-state index in [0.717, 1.165) is 31.2 Å². The number of fused-ring (bicyclic) bond motifs is 1. The fourth-order valence-electron chi connectivity index (χ4n) is 3.89. The SMILES string of the molecule is C=C/C=C(\C(F)=C(/C)F)c1cnn2c(-c3ccc(C(F)(F)F)c(C(=O)Nc4ccc(F)cc4)c3)cccc12. The topological polar surface area (TPSA) is 46.4 Å². The van der Waals surface area contributed by atoms with Crippen molar-refractivity contribution in [2.24, 2.45) is 0 Å². The number of aromatic nitrogens is 2. The number of hydrogen-bond donors (Lipinski definition) is 1. The van der Waals surface area contributed by atoms with Gasteiger partial charge in [0.05, 0.1) is 28.5 Å². The molecule has 10 heteroatoms. The molecule has 2 aromatic carbocycles. The highest BCUT2D eigenvalue weighted by Gasteiger charge is 2.35. The zero-order valence-electron chi connectivity index (χ0n) is 19.8. The van der Waals surface area contributed by atoms with E-state index in [0.29, 0.717) is 5.52 Å². The number of benzene rings is 2. The number of nitrogens with zero attached hydrogens (tertiary/aromatic N) is 2. The second-order valence-electron chi connectivity index (χ2n) is 8.15. The fraction of sp³-hybridized carbons (Fsp3) is 0.0714. The van der Waals surface area contributed by atoms with Gasteiger partial charge in [0.25, 0.3) is 5.91 Å². The zero-order chi connectivity index (χ0) is 27.6. The molecule has 2 heterocycles. The molecule has 0 saturated heterocycles. The quantitative estimate of drug-likeness (QED) is 0.203. The van der Waals surface area contributed by atoms with Gasteiger partial charge in [0.2, 0.25) is 0 Å². The van der Waals surface area contributed by atoms with E-state index in [1.807, 2.05) is 0 Å². The second-order valence-corrected chi connectivity index (χ2v) is 8.15. The van der Waals surface area contributed by atoms with Gasteiger partial charge in [-0.1, -0.05) is 30.9 Å². The molecule has 0 aliphatic carbocycles. The van der Waals surface area contributed by atoms with E-state index >= 15 is 0 Å². The van der Waals surface area contributed by atoms with Crippen LogP contribution < -0.4 is 5.32 Å². The third kappa shape index (κ3) is 5.24. The van der Waals surface area contributed by atoms with Gasteiger partial charge in [0, 0.05) is 22.4 Å². The van der Waals surface area contributed by atoms with Crippen LogP contribution in [-0.2, 0) is 6.18 Å². The van der Waals surface area contributed by atoms with E-state index in [9.17, 15) is 31.1 Å². The monoisotopic (exact) mass is 527 g/mol. The standard InChI is InChI=1S/C28H19F6N3O/c1-3-5-20(26(31)16(2)29)22-15-35-37-24(6-4-7-25(22)37)17-8-13-23(28(32,33)34)21(14-17)27(38)36-19-11-9-18(30)10-12-19/h3-15H,1H2,2H3,(H,36,38)/b20-5-,26-16-. The molecular weight excluding hydrogens is 508 g/mol. The number of carbonyl (C=O) groups is 1. The number of pyridine rings is 1. The molecule has 0 saturated carbocycles.